The van der Waals surface area contributed by atoms with Crippen LogP contribution in [0.2, 0.25) is 0 Å². The molecule has 3 saturated heterocycles. The molecule has 1 aromatic rings. The first kappa shape index (κ1) is 23.2. The van der Waals surface area contributed by atoms with Crippen LogP contribution in [0.1, 0.15) is 52.0 Å². The molecule has 0 radical (unpaired) electrons. The number of carbonyl (C=O) groups excluding carboxylic acids is 2. The number of ether oxygens (including phenoxy) is 6. The molecule has 8 heteroatoms. The maximum absolute atomic E-state index is 13.9. The van der Waals surface area contributed by atoms with E-state index < -0.39 is 60.1 Å². The normalized spacial score (nSPS) is 43.4. The van der Waals surface area contributed by atoms with Gasteiger partial charge in [-0.05, 0) is 39.7 Å². The largest absolute Gasteiger partial charge is 0.455 e. The SMILES string of the molecule is CC1(C)O[C@H]2[C@@H]3OC(C)(C)O[C@@H]3[C@H]3OC(=O)[C@@H]4[C@@H](c5ccccc5)CC=C[C@H]4CC(=O)O[C@@H]3[C@H]2O1. The molecule has 1 saturated carbocycles. The minimum absolute atomic E-state index is 0.0847. The quantitative estimate of drug-likeness (QED) is 0.443. The van der Waals surface area contributed by atoms with Gasteiger partial charge in [0.15, 0.2) is 23.8 Å². The van der Waals surface area contributed by atoms with Gasteiger partial charge in [0, 0.05) is 11.8 Å². The van der Waals surface area contributed by atoms with Crippen LogP contribution >= 0.6 is 0 Å². The highest BCUT2D eigenvalue weighted by atomic mass is 16.8. The van der Waals surface area contributed by atoms with Crippen molar-refractivity contribution in [1.29, 1.82) is 0 Å². The van der Waals surface area contributed by atoms with Gasteiger partial charge in [-0.3, -0.25) is 9.59 Å². The highest BCUT2D eigenvalue weighted by Gasteiger charge is 2.66. The first-order valence-corrected chi connectivity index (χ1v) is 12.4. The zero-order valence-electron chi connectivity index (χ0n) is 20.4. The van der Waals surface area contributed by atoms with Crippen LogP contribution in [0.25, 0.3) is 0 Å². The second-order valence-electron chi connectivity index (χ2n) is 11.1. The fourth-order valence-electron chi connectivity index (χ4n) is 6.44. The number of rotatable bonds is 1. The fourth-order valence-corrected chi connectivity index (χ4v) is 6.44. The molecule has 0 N–H and O–H groups in total. The first-order chi connectivity index (χ1) is 16.6. The summed E-state index contributed by atoms with van der Waals surface area (Å²) in [5.74, 6) is -3.51. The lowest BCUT2D eigenvalue weighted by Gasteiger charge is -2.42. The second-order valence-corrected chi connectivity index (χ2v) is 11.1. The summed E-state index contributed by atoms with van der Waals surface area (Å²) >= 11 is 0. The van der Waals surface area contributed by atoms with Crippen LogP contribution in [-0.2, 0) is 38.0 Å². The van der Waals surface area contributed by atoms with E-state index in [-0.39, 0.29) is 24.2 Å². The van der Waals surface area contributed by atoms with E-state index in [1.54, 1.807) is 0 Å². The molecule has 1 aromatic carbocycles. The first-order valence-electron chi connectivity index (χ1n) is 12.4. The van der Waals surface area contributed by atoms with Gasteiger partial charge in [-0.15, -0.1) is 0 Å². The van der Waals surface area contributed by atoms with E-state index in [2.05, 4.69) is 0 Å². The van der Waals surface area contributed by atoms with Crippen LogP contribution in [0.4, 0.5) is 0 Å². The van der Waals surface area contributed by atoms with Crippen molar-refractivity contribution in [3.8, 4) is 0 Å². The monoisotopic (exact) mass is 484 g/mol. The average Bonchev–Trinajstić information content (AvgIpc) is 3.31. The molecule has 9 atom stereocenters. The summed E-state index contributed by atoms with van der Waals surface area (Å²) in [7, 11) is 0. The number of hydrogen-bond acceptors (Lipinski definition) is 8. The summed E-state index contributed by atoms with van der Waals surface area (Å²) < 4.78 is 37.0. The van der Waals surface area contributed by atoms with E-state index in [4.69, 9.17) is 28.4 Å². The van der Waals surface area contributed by atoms with Crippen LogP contribution in [0, 0.1) is 11.8 Å². The molecule has 6 rings (SSSR count). The Bertz CT molecular complexity index is 1030. The number of esters is 2. The number of fused-ring (bicyclic) bond motifs is 7. The second kappa shape index (κ2) is 8.13. The smallest absolute Gasteiger partial charge is 0.310 e. The van der Waals surface area contributed by atoms with Crippen LogP contribution in [0.3, 0.4) is 0 Å². The van der Waals surface area contributed by atoms with Crippen molar-refractivity contribution < 1.29 is 38.0 Å². The molecular weight excluding hydrogens is 452 g/mol. The van der Waals surface area contributed by atoms with Crippen LogP contribution < -0.4 is 0 Å². The van der Waals surface area contributed by atoms with Crippen LogP contribution in [0.5, 0.6) is 0 Å². The minimum atomic E-state index is -0.914. The van der Waals surface area contributed by atoms with Gasteiger partial charge in [-0.25, -0.2) is 0 Å². The van der Waals surface area contributed by atoms with Crippen molar-refractivity contribution in [3.63, 3.8) is 0 Å². The Balaban J connectivity index is 1.39. The van der Waals surface area contributed by atoms with Crippen molar-refractivity contribution in [2.45, 2.75) is 94.7 Å². The molecular formula is C27H32O8. The predicted molar refractivity (Wildman–Crippen MR) is 122 cm³/mol. The summed E-state index contributed by atoms with van der Waals surface area (Å²) in [5, 5.41) is 0. The van der Waals surface area contributed by atoms with Gasteiger partial charge in [0.2, 0.25) is 0 Å². The van der Waals surface area contributed by atoms with Crippen LogP contribution in [0.15, 0.2) is 42.5 Å². The Morgan fingerprint density at radius 3 is 1.89 bits per heavy atom. The molecule has 35 heavy (non-hydrogen) atoms. The summed E-state index contributed by atoms with van der Waals surface area (Å²) in [6.45, 7) is 7.24. The van der Waals surface area contributed by atoms with E-state index in [1.165, 1.54) is 0 Å². The maximum atomic E-state index is 13.9. The molecule has 5 aliphatic rings. The molecule has 3 aliphatic heterocycles. The summed E-state index contributed by atoms with van der Waals surface area (Å²) in [6, 6.07) is 9.91. The predicted octanol–water partition coefficient (Wildman–Crippen LogP) is 3.24. The van der Waals surface area contributed by atoms with E-state index in [9.17, 15) is 9.59 Å². The number of allylic oxidation sites excluding steroid dienone is 2. The van der Waals surface area contributed by atoms with Crippen molar-refractivity contribution in [1.82, 2.24) is 0 Å². The van der Waals surface area contributed by atoms with Crippen molar-refractivity contribution in [3.05, 3.63) is 48.0 Å². The summed E-state index contributed by atoms with van der Waals surface area (Å²) in [6.07, 6.45) is 0.672. The average molecular weight is 485 g/mol. The molecule has 3 heterocycles. The lowest BCUT2D eigenvalue weighted by molar-refractivity contribution is -0.210. The van der Waals surface area contributed by atoms with Gasteiger partial charge in [-0.1, -0.05) is 42.5 Å². The fraction of sp³-hybridized carbons (Fsp3) is 0.630. The van der Waals surface area contributed by atoms with E-state index in [0.717, 1.165) is 5.56 Å². The molecule has 0 unspecified atom stereocenters. The third kappa shape index (κ3) is 4.00. The van der Waals surface area contributed by atoms with Gasteiger partial charge in [0.1, 0.15) is 24.4 Å². The zero-order chi connectivity index (χ0) is 24.5. The third-order valence-electron chi connectivity index (χ3n) is 7.71. The minimum Gasteiger partial charge on any atom is -0.455 e. The van der Waals surface area contributed by atoms with E-state index >= 15 is 0 Å². The van der Waals surface area contributed by atoms with Crippen molar-refractivity contribution in [2.75, 3.05) is 0 Å². The third-order valence-corrected chi connectivity index (χ3v) is 7.71. The van der Waals surface area contributed by atoms with Crippen LogP contribution in [-0.4, -0.2) is 60.1 Å². The topological polar surface area (TPSA) is 89.5 Å². The highest BCUT2D eigenvalue weighted by Crippen LogP contribution is 2.48. The van der Waals surface area contributed by atoms with Gasteiger partial charge >= 0.3 is 11.9 Å². The highest BCUT2D eigenvalue weighted by molar-refractivity contribution is 5.78. The van der Waals surface area contributed by atoms with Gasteiger partial charge in [0.25, 0.3) is 0 Å². The Morgan fingerprint density at radius 2 is 1.29 bits per heavy atom. The summed E-state index contributed by atoms with van der Waals surface area (Å²) in [4.78, 5) is 27.1. The number of carbonyl (C=O) groups is 2. The Morgan fingerprint density at radius 1 is 0.743 bits per heavy atom. The Hall–Kier alpha value is -2.26. The molecule has 0 aromatic heterocycles. The van der Waals surface area contributed by atoms with Gasteiger partial charge in [0.05, 0.1) is 12.3 Å². The van der Waals surface area contributed by atoms with Crippen molar-refractivity contribution in [2.24, 2.45) is 11.8 Å². The van der Waals surface area contributed by atoms with Gasteiger partial charge in [-0.2, -0.15) is 0 Å². The molecule has 2 aliphatic carbocycles. The molecule has 0 bridgehead atoms. The number of benzene rings is 1. The molecule has 188 valence electrons. The standard InChI is InChI=1S/C27H32O8/c1-26(2)32-21-19-20(22-24(23(21)34-26)35-27(3,4)33-22)31-25(29)18-15(13-17(28)30-19)11-8-12-16(18)14-9-6-5-7-10-14/h5-11,15-16,18-24H,12-13H2,1-4H3/t15-,16+,18-,19-,20-,21+,22+,23+,24+/m0/s1. The van der Waals surface area contributed by atoms with Crippen molar-refractivity contribution >= 4 is 11.9 Å². The lowest BCUT2D eigenvalue weighted by atomic mass is 9.71. The van der Waals surface area contributed by atoms with Gasteiger partial charge < -0.3 is 28.4 Å². The molecule has 8 nitrogen and oxygen atoms in total. The molecule has 0 amide bonds. The zero-order valence-corrected chi connectivity index (χ0v) is 20.4. The summed E-state index contributed by atoms with van der Waals surface area (Å²) in [5.41, 5.74) is 1.05. The maximum Gasteiger partial charge on any atom is 0.310 e. The molecule has 4 fully saturated rings. The van der Waals surface area contributed by atoms with E-state index in [1.807, 2.05) is 70.2 Å². The van der Waals surface area contributed by atoms with E-state index in [0.29, 0.717) is 6.42 Å². The Kier molecular flexibility index (Phi) is 5.38. The molecule has 0 spiro atoms. The lowest BCUT2D eigenvalue weighted by Crippen LogP contribution is -2.63. The number of hydrogen-bond donors (Lipinski definition) is 0. The Labute approximate surface area is 204 Å².